The normalized spacial score (nSPS) is 12.6. The zero-order valence-electron chi connectivity index (χ0n) is 9.82. The Morgan fingerprint density at radius 3 is 2.76 bits per heavy atom. The van der Waals surface area contributed by atoms with Gasteiger partial charge in [-0.15, -0.1) is 0 Å². The molecule has 1 N–H and O–H groups in total. The Balaban J connectivity index is 2.16. The van der Waals surface area contributed by atoms with Crippen molar-refractivity contribution in [2.24, 2.45) is 0 Å². The summed E-state index contributed by atoms with van der Waals surface area (Å²) in [7, 11) is 0. The fourth-order valence-electron chi connectivity index (χ4n) is 1.91. The summed E-state index contributed by atoms with van der Waals surface area (Å²) >= 11 is 5.37. The van der Waals surface area contributed by atoms with Gasteiger partial charge in [0.05, 0.1) is 0 Å². The van der Waals surface area contributed by atoms with E-state index in [2.05, 4.69) is 69.3 Å². The molecule has 1 aromatic carbocycles. The zero-order valence-corrected chi connectivity index (χ0v) is 12.2. The molecule has 1 atom stereocenters. The van der Waals surface area contributed by atoms with Crippen molar-refractivity contribution in [1.29, 1.82) is 0 Å². The number of nitrogens with one attached hydrogen (secondary N) is 1. The number of hydrogen-bond acceptors (Lipinski definition) is 2. The Bertz CT molecular complexity index is 453. The Morgan fingerprint density at radius 1 is 1.29 bits per heavy atom. The molecule has 0 bridgehead atoms. The summed E-state index contributed by atoms with van der Waals surface area (Å²) in [5.74, 6) is 0. The minimum atomic E-state index is 0.407. The lowest BCUT2D eigenvalue weighted by Crippen LogP contribution is -2.22. The average Bonchev–Trinajstić information content (AvgIpc) is 2.85. The Labute approximate surface area is 115 Å². The number of halogens is 1. The first-order valence-corrected chi connectivity index (χ1v) is 7.53. The van der Waals surface area contributed by atoms with Gasteiger partial charge in [-0.1, -0.05) is 41.1 Å². The highest BCUT2D eigenvalue weighted by atomic mass is 79.9. The van der Waals surface area contributed by atoms with E-state index in [4.69, 9.17) is 0 Å². The highest BCUT2D eigenvalue weighted by Crippen LogP contribution is 2.25. The second kappa shape index (κ2) is 6.34. The number of likely N-dealkylation sites (N-methyl/N-ethyl adjacent to an activating group) is 1. The summed E-state index contributed by atoms with van der Waals surface area (Å²) < 4.78 is 1.19. The Hall–Kier alpha value is -0.640. The van der Waals surface area contributed by atoms with Crippen LogP contribution in [0.1, 0.15) is 24.1 Å². The van der Waals surface area contributed by atoms with Crippen LogP contribution in [0.4, 0.5) is 0 Å². The molecule has 0 fully saturated rings. The van der Waals surface area contributed by atoms with Crippen LogP contribution < -0.4 is 5.32 Å². The predicted octanol–water partition coefficient (Wildman–Crippen LogP) is 4.40. The van der Waals surface area contributed by atoms with Gasteiger partial charge in [0.2, 0.25) is 0 Å². The van der Waals surface area contributed by atoms with Crippen molar-refractivity contribution in [3.63, 3.8) is 0 Å². The number of thiophene rings is 1. The van der Waals surface area contributed by atoms with Crippen LogP contribution >= 0.6 is 27.3 Å². The van der Waals surface area contributed by atoms with Gasteiger partial charge in [0.25, 0.3) is 0 Å². The van der Waals surface area contributed by atoms with Gasteiger partial charge in [-0.2, -0.15) is 11.3 Å². The number of benzene rings is 1. The molecule has 2 aromatic rings. The van der Waals surface area contributed by atoms with Crippen molar-refractivity contribution >= 4 is 27.3 Å². The van der Waals surface area contributed by atoms with E-state index in [1.54, 1.807) is 11.3 Å². The predicted molar refractivity (Wildman–Crippen MR) is 78.6 cm³/mol. The summed E-state index contributed by atoms with van der Waals surface area (Å²) in [6.07, 6.45) is 1.02. The second-order valence-electron chi connectivity index (χ2n) is 3.96. The molecular formula is C14H16BrNS. The maximum absolute atomic E-state index is 3.61. The standard InChI is InChI=1S/C14H16BrNS/c1-2-16-14(12-7-8-17-10-12)9-11-5-3-4-6-13(11)15/h3-8,10,14,16H,2,9H2,1H3. The minimum absolute atomic E-state index is 0.407. The molecule has 0 radical (unpaired) electrons. The van der Waals surface area contributed by atoms with Gasteiger partial charge >= 0.3 is 0 Å². The molecule has 1 nitrogen and oxygen atoms in total. The number of hydrogen-bond donors (Lipinski definition) is 1. The van der Waals surface area contributed by atoms with Crippen molar-refractivity contribution in [1.82, 2.24) is 5.32 Å². The molecule has 1 unspecified atom stereocenters. The summed E-state index contributed by atoms with van der Waals surface area (Å²) in [6, 6.07) is 11.0. The summed E-state index contributed by atoms with van der Waals surface area (Å²) in [4.78, 5) is 0. The van der Waals surface area contributed by atoms with Crippen molar-refractivity contribution < 1.29 is 0 Å². The smallest absolute Gasteiger partial charge is 0.0369 e. The monoisotopic (exact) mass is 309 g/mol. The molecule has 2 rings (SSSR count). The van der Waals surface area contributed by atoms with Crippen LogP contribution in [0.25, 0.3) is 0 Å². The van der Waals surface area contributed by atoms with E-state index in [9.17, 15) is 0 Å². The molecule has 0 amide bonds. The van der Waals surface area contributed by atoms with Crippen LogP contribution in [-0.4, -0.2) is 6.54 Å². The fraction of sp³-hybridized carbons (Fsp3) is 0.286. The van der Waals surface area contributed by atoms with Gasteiger partial charge in [0.1, 0.15) is 0 Å². The van der Waals surface area contributed by atoms with Crippen LogP contribution in [0, 0.1) is 0 Å². The first kappa shape index (κ1) is 12.8. The van der Waals surface area contributed by atoms with E-state index in [1.807, 2.05) is 0 Å². The highest BCUT2D eigenvalue weighted by molar-refractivity contribution is 9.10. The maximum atomic E-state index is 3.61. The quantitative estimate of drug-likeness (QED) is 0.863. The highest BCUT2D eigenvalue weighted by Gasteiger charge is 2.12. The lowest BCUT2D eigenvalue weighted by molar-refractivity contribution is 0.550. The topological polar surface area (TPSA) is 12.0 Å². The molecule has 0 saturated carbocycles. The third kappa shape index (κ3) is 3.41. The fourth-order valence-corrected chi connectivity index (χ4v) is 3.07. The molecule has 0 aliphatic carbocycles. The molecule has 1 heterocycles. The van der Waals surface area contributed by atoms with Gasteiger partial charge in [-0.05, 0) is 47.0 Å². The van der Waals surface area contributed by atoms with Crippen LogP contribution in [0.3, 0.4) is 0 Å². The molecule has 0 saturated heterocycles. The van der Waals surface area contributed by atoms with E-state index in [0.29, 0.717) is 6.04 Å². The Kier molecular flexibility index (Phi) is 4.77. The van der Waals surface area contributed by atoms with Crippen molar-refractivity contribution in [3.8, 4) is 0 Å². The zero-order chi connectivity index (χ0) is 12.1. The summed E-state index contributed by atoms with van der Waals surface area (Å²) in [5.41, 5.74) is 2.73. The van der Waals surface area contributed by atoms with E-state index in [1.165, 1.54) is 15.6 Å². The van der Waals surface area contributed by atoms with Gasteiger partial charge < -0.3 is 5.32 Å². The lowest BCUT2D eigenvalue weighted by Gasteiger charge is -2.17. The molecule has 17 heavy (non-hydrogen) atoms. The molecule has 3 heteroatoms. The van der Waals surface area contributed by atoms with Crippen LogP contribution in [0.15, 0.2) is 45.6 Å². The first-order chi connectivity index (χ1) is 8.31. The minimum Gasteiger partial charge on any atom is -0.310 e. The van der Waals surface area contributed by atoms with Crippen molar-refractivity contribution in [2.75, 3.05) is 6.54 Å². The van der Waals surface area contributed by atoms with Crippen LogP contribution in [0.2, 0.25) is 0 Å². The Morgan fingerprint density at radius 2 is 2.12 bits per heavy atom. The number of rotatable bonds is 5. The van der Waals surface area contributed by atoms with E-state index in [0.717, 1.165) is 13.0 Å². The maximum Gasteiger partial charge on any atom is 0.0369 e. The molecule has 0 aliphatic rings. The van der Waals surface area contributed by atoms with Crippen LogP contribution in [0.5, 0.6) is 0 Å². The largest absolute Gasteiger partial charge is 0.310 e. The second-order valence-corrected chi connectivity index (χ2v) is 5.60. The van der Waals surface area contributed by atoms with Gasteiger partial charge in [-0.3, -0.25) is 0 Å². The van der Waals surface area contributed by atoms with Gasteiger partial charge in [0, 0.05) is 10.5 Å². The average molecular weight is 310 g/mol. The molecule has 1 aromatic heterocycles. The van der Waals surface area contributed by atoms with E-state index < -0.39 is 0 Å². The van der Waals surface area contributed by atoms with Crippen molar-refractivity contribution in [2.45, 2.75) is 19.4 Å². The first-order valence-electron chi connectivity index (χ1n) is 5.80. The summed E-state index contributed by atoms with van der Waals surface area (Å²) in [5, 5.41) is 7.91. The molecule has 0 aliphatic heterocycles. The molecular weight excluding hydrogens is 294 g/mol. The van der Waals surface area contributed by atoms with E-state index >= 15 is 0 Å². The lowest BCUT2D eigenvalue weighted by atomic mass is 10.0. The van der Waals surface area contributed by atoms with Gasteiger partial charge in [0.15, 0.2) is 0 Å². The SMILES string of the molecule is CCNC(Cc1ccccc1Br)c1ccsc1. The third-order valence-corrected chi connectivity index (χ3v) is 4.25. The van der Waals surface area contributed by atoms with Crippen molar-refractivity contribution in [3.05, 3.63) is 56.7 Å². The summed E-state index contributed by atoms with van der Waals surface area (Å²) in [6.45, 7) is 3.14. The van der Waals surface area contributed by atoms with Crippen LogP contribution in [-0.2, 0) is 6.42 Å². The third-order valence-electron chi connectivity index (χ3n) is 2.78. The molecule has 90 valence electrons. The molecule has 0 spiro atoms. The van der Waals surface area contributed by atoms with Gasteiger partial charge in [-0.25, -0.2) is 0 Å². The van der Waals surface area contributed by atoms with E-state index in [-0.39, 0.29) is 0 Å².